The first kappa shape index (κ1) is 24.6. The Balaban J connectivity index is 1.61. The Morgan fingerprint density at radius 3 is 1.97 bits per heavy atom. The lowest BCUT2D eigenvalue weighted by atomic mass is 9.88. The molecule has 1 amide bonds. The number of hydrogen-bond donors (Lipinski definition) is 1. The van der Waals surface area contributed by atoms with Gasteiger partial charge in [-0.05, 0) is 29.5 Å². The second-order valence-corrected chi connectivity index (χ2v) is 9.16. The SMILES string of the molecule is C[C@H](NC(=O)[C@@H](CSCc1ccccc1)[C@@H](C)c1ccccc1)C(=O)OCc1ccccc1. The number of nitrogens with one attached hydrogen (secondary N) is 1. The monoisotopic (exact) mass is 461 g/mol. The molecule has 33 heavy (non-hydrogen) atoms. The first-order chi connectivity index (χ1) is 16.0. The van der Waals surface area contributed by atoms with Crippen LogP contribution in [0.1, 0.15) is 36.5 Å². The van der Waals surface area contributed by atoms with Crippen LogP contribution in [0.4, 0.5) is 0 Å². The molecule has 0 fully saturated rings. The van der Waals surface area contributed by atoms with Gasteiger partial charge in [0.15, 0.2) is 0 Å². The molecular weight excluding hydrogens is 430 g/mol. The fraction of sp³-hybridized carbons (Fsp3) is 0.286. The number of thioether (sulfide) groups is 1. The summed E-state index contributed by atoms with van der Waals surface area (Å²) in [5.74, 6) is 0.669. The third-order valence-electron chi connectivity index (χ3n) is 5.61. The summed E-state index contributed by atoms with van der Waals surface area (Å²) in [5, 5.41) is 2.89. The molecule has 5 heteroatoms. The number of rotatable bonds is 11. The van der Waals surface area contributed by atoms with Gasteiger partial charge in [0, 0.05) is 11.5 Å². The average molecular weight is 462 g/mol. The second-order valence-electron chi connectivity index (χ2n) is 8.13. The standard InChI is InChI=1S/C28H31NO3S/c1-21(25-16-10-5-11-17-25)26(20-33-19-24-14-8-4-9-15-24)27(30)29-22(2)28(31)32-18-23-12-6-3-7-13-23/h3-17,21-22,26H,18-20H2,1-2H3,(H,29,30)/t21-,22-,26-/m0/s1. The molecule has 4 nitrogen and oxygen atoms in total. The molecule has 3 atom stereocenters. The van der Waals surface area contributed by atoms with Gasteiger partial charge in [0.25, 0.3) is 0 Å². The van der Waals surface area contributed by atoms with Gasteiger partial charge in [0.1, 0.15) is 12.6 Å². The largest absolute Gasteiger partial charge is 0.459 e. The number of amides is 1. The van der Waals surface area contributed by atoms with Crippen molar-refractivity contribution in [3.05, 3.63) is 108 Å². The van der Waals surface area contributed by atoms with Gasteiger partial charge in [-0.1, -0.05) is 97.9 Å². The van der Waals surface area contributed by atoms with Crippen molar-refractivity contribution in [2.45, 2.75) is 38.2 Å². The van der Waals surface area contributed by atoms with E-state index in [9.17, 15) is 9.59 Å². The maximum absolute atomic E-state index is 13.3. The molecule has 0 aliphatic carbocycles. The zero-order valence-corrected chi connectivity index (χ0v) is 20.0. The average Bonchev–Trinajstić information content (AvgIpc) is 2.86. The summed E-state index contributed by atoms with van der Waals surface area (Å²) in [6.45, 7) is 3.93. The Hall–Kier alpha value is -3.05. The number of ether oxygens (including phenoxy) is 1. The van der Waals surface area contributed by atoms with E-state index in [1.165, 1.54) is 5.56 Å². The van der Waals surface area contributed by atoms with Crippen molar-refractivity contribution in [1.82, 2.24) is 5.32 Å². The van der Waals surface area contributed by atoms with E-state index >= 15 is 0 Å². The van der Waals surface area contributed by atoms with Crippen molar-refractivity contribution in [2.24, 2.45) is 5.92 Å². The number of esters is 1. The second kappa shape index (κ2) is 12.9. The molecule has 0 saturated carbocycles. The van der Waals surface area contributed by atoms with Crippen LogP contribution in [0.5, 0.6) is 0 Å². The lowest BCUT2D eigenvalue weighted by Gasteiger charge is -2.25. The molecule has 0 unspecified atom stereocenters. The van der Waals surface area contributed by atoms with Gasteiger partial charge in [-0.2, -0.15) is 11.8 Å². The van der Waals surface area contributed by atoms with Crippen LogP contribution in [0, 0.1) is 5.92 Å². The number of carbonyl (C=O) groups is 2. The van der Waals surface area contributed by atoms with E-state index in [-0.39, 0.29) is 24.3 Å². The van der Waals surface area contributed by atoms with Crippen LogP contribution in [-0.4, -0.2) is 23.7 Å². The molecule has 3 rings (SSSR count). The van der Waals surface area contributed by atoms with Gasteiger partial charge < -0.3 is 10.1 Å². The summed E-state index contributed by atoms with van der Waals surface area (Å²) in [7, 11) is 0. The highest BCUT2D eigenvalue weighted by atomic mass is 32.2. The Kier molecular flexibility index (Phi) is 9.58. The van der Waals surface area contributed by atoms with Crippen molar-refractivity contribution < 1.29 is 14.3 Å². The predicted octanol–water partition coefficient (Wildman–Crippen LogP) is 5.59. The van der Waals surface area contributed by atoms with E-state index in [1.807, 2.05) is 78.9 Å². The first-order valence-electron chi connectivity index (χ1n) is 11.2. The van der Waals surface area contributed by atoms with Gasteiger partial charge in [-0.25, -0.2) is 4.79 Å². The smallest absolute Gasteiger partial charge is 0.328 e. The van der Waals surface area contributed by atoms with Gasteiger partial charge in [0.05, 0.1) is 5.92 Å². The molecule has 172 valence electrons. The van der Waals surface area contributed by atoms with Crippen LogP contribution in [-0.2, 0) is 26.7 Å². The predicted molar refractivity (Wildman–Crippen MR) is 135 cm³/mol. The fourth-order valence-corrected chi connectivity index (χ4v) is 4.79. The van der Waals surface area contributed by atoms with E-state index in [4.69, 9.17) is 4.74 Å². The molecule has 0 heterocycles. The fourth-order valence-electron chi connectivity index (χ4n) is 3.55. The topological polar surface area (TPSA) is 55.4 Å². The van der Waals surface area contributed by atoms with Crippen molar-refractivity contribution in [3.63, 3.8) is 0 Å². The lowest BCUT2D eigenvalue weighted by Crippen LogP contribution is -2.44. The summed E-state index contributed by atoms with van der Waals surface area (Å²) in [4.78, 5) is 25.7. The van der Waals surface area contributed by atoms with Gasteiger partial charge in [-0.15, -0.1) is 0 Å². The van der Waals surface area contributed by atoms with Crippen molar-refractivity contribution >= 4 is 23.6 Å². The van der Waals surface area contributed by atoms with Gasteiger partial charge in [0.2, 0.25) is 5.91 Å². The Labute approximate surface area is 200 Å². The molecule has 0 aromatic heterocycles. The van der Waals surface area contributed by atoms with Crippen LogP contribution in [0.2, 0.25) is 0 Å². The minimum absolute atomic E-state index is 0.0158. The van der Waals surface area contributed by atoms with E-state index in [0.29, 0.717) is 5.75 Å². The molecule has 3 aromatic rings. The molecule has 0 bridgehead atoms. The molecule has 0 radical (unpaired) electrons. The van der Waals surface area contributed by atoms with E-state index < -0.39 is 12.0 Å². The summed E-state index contributed by atoms with van der Waals surface area (Å²) >= 11 is 1.73. The molecule has 0 aliphatic rings. The molecule has 3 aromatic carbocycles. The highest BCUT2D eigenvalue weighted by molar-refractivity contribution is 7.98. The van der Waals surface area contributed by atoms with E-state index in [2.05, 4.69) is 24.4 Å². The van der Waals surface area contributed by atoms with Crippen molar-refractivity contribution in [3.8, 4) is 0 Å². The molecule has 0 saturated heterocycles. The summed E-state index contributed by atoms with van der Waals surface area (Å²) < 4.78 is 5.40. The Bertz CT molecular complexity index is 995. The van der Waals surface area contributed by atoms with Crippen molar-refractivity contribution in [1.29, 1.82) is 0 Å². The molecule has 0 spiro atoms. The first-order valence-corrected chi connectivity index (χ1v) is 12.4. The lowest BCUT2D eigenvalue weighted by molar-refractivity contribution is -0.149. The number of carbonyl (C=O) groups excluding carboxylic acids is 2. The third-order valence-corrected chi connectivity index (χ3v) is 6.74. The van der Waals surface area contributed by atoms with Crippen molar-refractivity contribution in [2.75, 3.05) is 5.75 Å². The quantitative estimate of drug-likeness (QED) is 0.378. The summed E-state index contributed by atoms with van der Waals surface area (Å²) in [6.07, 6.45) is 0. The molecule has 1 N–H and O–H groups in total. The number of hydrogen-bond acceptors (Lipinski definition) is 4. The molecule has 0 aliphatic heterocycles. The van der Waals surface area contributed by atoms with Crippen LogP contribution in [0.15, 0.2) is 91.0 Å². The Morgan fingerprint density at radius 2 is 1.36 bits per heavy atom. The maximum atomic E-state index is 13.3. The third kappa shape index (κ3) is 7.79. The highest BCUT2D eigenvalue weighted by Crippen LogP contribution is 2.29. The normalized spacial score (nSPS) is 13.5. The van der Waals surface area contributed by atoms with Crippen LogP contribution in [0.25, 0.3) is 0 Å². The minimum Gasteiger partial charge on any atom is -0.459 e. The van der Waals surface area contributed by atoms with Crippen LogP contribution in [0.3, 0.4) is 0 Å². The Morgan fingerprint density at radius 1 is 0.818 bits per heavy atom. The van der Waals surface area contributed by atoms with E-state index in [1.54, 1.807) is 18.7 Å². The van der Waals surface area contributed by atoms with Gasteiger partial charge in [-0.3, -0.25) is 4.79 Å². The maximum Gasteiger partial charge on any atom is 0.328 e. The van der Waals surface area contributed by atoms with E-state index in [0.717, 1.165) is 16.9 Å². The number of benzene rings is 3. The minimum atomic E-state index is -0.717. The zero-order chi connectivity index (χ0) is 23.5. The van der Waals surface area contributed by atoms with Crippen LogP contribution >= 0.6 is 11.8 Å². The van der Waals surface area contributed by atoms with Gasteiger partial charge >= 0.3 is 5.97 Å². The molecular formula is C28H31NO3S. The summed E-state index contributed by atoms with van der Waals surface area (Å²) in [5.41, 5.74) is 3.25. The highest BCUT2D eigenvalue weighted by Gasteiger charge is 2.29. The van der Waals surface area contributed by atoms with Crippen LogP contribution < -0.4 is 5.32 Å². The zero-order valence-electron chi connectivity index (χ0n) is 19.1. The summed E-state index contributed by atoms with van der Waals surface area (Å²) in [6, 6.07) is 29.1.